The van der Waals surface area contributed by atoms with Crippen molar-refractivity contribution >= 4 is 11.8 Å². The van der Waals surface area contributed by atoms with Crippen molar-refractivity contribution in [3.05, 3.63) is 35.4 Å². The summed E-state index contributed by atoms with van der Waals surface area (Å²) in [5, 5.41) is 3.04. The first kappa shape index (κ1) is 22.4. The molecule has 1 saturated heterocycles. The molecule has 0 saturated carbocycles. The Morgan fingerprint density at radius 1 is 1.11 bits per heavy atom. The lowest BCUT2D eigenvalue weighted by atomic mass is 9.88. The van der Waals surface area contributed by atoms with Gasteiger partial charge in [-0.2, -0.15) is 0 Å². The average Bonchev–Trinajstić information content (AvgIpc) is 2.70. The Kier molecular flexibility index (Phi) is 8.53. The number of benzene rings is 1. The summed E-state index contributed by atoms with van der Waals surface area (Å²) in [5.41, 5.74) is 2.65. The zero-order valence-corrected chi connectivity index (χ0v) is 18.3. The Labute approximate surface area is 171 Å². The molecule has 1 N–H and O–H groups in total. The SMILES string of the molecule is CC[C@H](C)C(NC(=O)CCC(C)C)C(=O)N1CCC(c2ccc(C)cc2)CC1. The predicted molar refractivity (Wildman–Crippen MR) is 115 cm³/mol. The minimum Gasteiger partial charge on any atom is -0.344 e. The van der Waals surface area contributed by atoms with Crippen LogP contribution in [0.5, 0.6) is 0 Å². The molecule has 4 heteroatoms. The van der Waals surface area contributed by atoms with E-state index in [9.17, 15) is 9.59 Å². The van der Waals surface area contributed by atoms with Gasteiger partial charge in [-0.05, 0) is 49.5 Å². The van der Waals surface area contributed by atoms with Crippen LogP contribution in [-0.4, -0.2) is 35.8 Å². The molecule has 0 bridgehead atoms. The number of nitrogens with zero attached hydrogens (tertiary/aromatic N) is 1. The van der Waals surface area contributed by atoms with Crippen molar-refractivity contribution in [1.29, 1.82) is 0 Å². The van der Waals surface area contributed by atoms with E-state index < -0.39 is 6.04 Å². The van der Waals surface area contributed by atoms with E-state index in [1.54, 1.807) is 0 Å². The van der Waals surface area contributed by atoms with Gasteiger partial charge in [-0.15, -0.1) is 0 Å². The Morgan fingerprint density at radius 3 is 2.25 bits per heavy atom. The third-order valence-corrected chi connectivity index (χ3v) is 6.10. The fraction of sp³-hybridized carbons (Fsp3) is 0.667. The molecule has 1 aliphatic rings. The second kappa shape index (κ2) is 10.6. The molecule has 2 amide bonds. The van der Waals surface area contributed by atoms with E-state index in [1.807, 2.05) is 4.90 Å². The Morgan fingerprint density at radius 2 is 1.71 bits per heavy atom. The van der Waals surface area contributed by atoms with Crippen molar-refractivity contribution in [2.75, 3.05) is 13.1 Å². The maximum Gasteiger partial charge on any atom is 0.245 e. The molecular formula is C24H38N2O2. The largest absolute Gasteiger partial charge is 0.344 e. The lowest BCUT2D eigenvalue weighted by Crippen LogP contribution is -2.53. The van der Waals surface area contributed by atoms with Gasteiger partial charge in [0, 0.05) is 19.5 Å². The molecule has 1 aromatic rings. The number of carbonyl (C=O) groups is 2. The Bertz CT molecular complexity index is 631. The molecule has 156 valence electrons. The monoisotopic (exact) mass is 386 g/mol. The van der Waals surface area contributed by atoms with Crippen molar-refractivity contribution in [2.24, 2.45) is 11.8 Å². The van der Waals surface area contributed by atoms with Gasteiger partial charge in [0.05, 0.1) is 0 Å². The predicted octanol–water partition coefficient (Wildman–Crippen LogP) is 4.67. The van der Waals surface area contributed by atoms with Gasteiger partial charge in [0.15, 0.2) is 0 Å². The van der Waals surface area contributed by atoms with Crippen LogP contribution < -0.4 is 5.32 Å². The molecule has 2 atom stereocenters. The van der Waals surface area contributed by atoms with Crippen LogP contribution in [-0.2, 0) is 9.59 Å². The maximum absolute atomic E-state index is 13.2. The number of amides is 2. The molecule has 1 heterocycles. The van der Waals surface area contributed by atoms with E-state index >= 15 is 0 Å². The quantitative estimate of drug-likeness (QED) is 0.706. The molecule has 1 aliphatic heterocycles. The summed E-state index contributed by atoms with van der Waals surface area (Å²) in [4.78, 5) is 27.5. The summed E-state index contributed by atoms with van der Waals surface area (Å²) in [6, 6.07) is 8.36. The fourth-order valence-corrected chi connectivity index (χ4v) is 3.82. The number of aryl methyl sites for hydroxylation is 1. The van der Waals surface area contributed by atoms with Gasteiger partial charge >= 0.3 is 0 Å². The van der Waals surface area contributed by atoms with E-state index in [1.165, 1.54) is 11.1 Å². The van der Waals surface area contributed by atoms with Crippen LogP contribution in [0.4, 0.5) is 0 Å². The zero-order chi connectivity index (χ0) is 20.7. The highest BCUT2D eigenvalue weighted by molar-refractivity contribution is 5.88. The highest BCUT2D eigenvalue weighted by Gasteiger charge is 2.32. The molecule has 0 aromatic heterocycles. The minimum atomic E-state index is -0.402. The normalized spacial score (nSPS) is 17.4. The van der Waals surface area contributed by atoms with Gasteiger partial charge in [0.25, 0.3) is 0 Å². The Balaban J connectivity index is 1.95. The highest BCUT2D eigenvalue weighted by atomic mass is 16.2. The van der Waals surface area contributed by atoms with E-state index in [0.717, 1.165) is 38.8 Å². The van der Waals surface area contributed by atoms with Crippen LogP contribution in [0, 0.1) is 18.8 Å². The zero-order valence-electron chi connectivity index (χ0n) is 18.3. The van der Waals surface area contributed by atoms with E-state index in [2.05, 4.69) is 64.2 Å². The van der Waals surface area contributed by atoms with E-state index in [-0.39, 0.29) is 17.7 Å². The lowest BCUT2D eigenvalue weighted by molar-refractivity contribution is -0.138. The second-order valence-electron chi connectivity index (χ2n) is 8.87. The lowest BCUT2D eigenvalue weighted by Gasteiger charge is -2.36. The van der Waals surface area contributed by atoms with E-state index in [4.69, 9.17) is 0 Å². The molecule has 4 nitrogen and oxygen atoms in total. The maximum atomic E-state index is 13.2. The topological polar surface area (TPSA) is 49.4 Å². The molecule has 2 rings (SSSR count). The van der Waals surface area contributed by atoms with Crippen LogP contribution in [0.15, 0.2) is 24.3 Å². The van der Waals surface area contributed by atoms with E-state index in [0.29, 0.717) is 18.3 Å². The number of piperidine rings is 1. The number of nitrogens with one attached hydrogen (secondary N) is 1. The molecular weight excluding hydrogens is 348 g/mol. The van der Waals surface area contributed by atoms with Gasteiger partial charge < -0.3 is 10.2 Å². The third kappa shape index (κ3) is 6.35. The van der Waals surface area contributed by atoms with Crippen LogP contribution in [0.2, 0.25) is 0 Å². The van der Waals surface area contributed by atoms with Gasteiger partial charge in [-0.25, -0.2) is 0 Å². The second-order valence-corrected chi connectivity index (χ2v) is 8.87. The van der Waals surface area contributed by atoms with Crippen molar-refractivity contribution in [3.63, 3.8) is 0 Å². The summed E-state index contributed by atoms with van der Waals surface area (Å²) in [7, 11) is 0. The molecule has 0 radical (unpaired) electrons. The smallest absolute Gasteiger partial charge is 0.245 e. The Hall–Kier alpha value is -1.84. The molecule has 1 fully saturated rings. The van der Waals surface area contributed by atoms with Crippen LogP contribution >= 0.6 is 0 Å². The molecule has 1 aromatic carbocycles. The summed E-state index contributed by atoms with van der Waals surface area (Å²) in [6.07, 6.45) is 4.20. The highest BCUT2D eigenvalue weighted by Crippen LogP contribution is 2.29. The standard InChI is InChI=1S/C24H38N2O2/c1-6-19(5)23(25-22(27)12-7-17(2)3)24(28)26-15-13-21(14-16-26)20-10-8-18(4)9-11-20/h8-11,17,19,21,23H,6-7,12-16H2,1-5H3,(H,25,27)/t19-,23?/m0/s1. The van der Waals surface area contributed by atoms with Gasteiger partial charge in [0.1, 0.15) is 6.04 Å². The summed E-state index contributed by atoms with van der Waals surface area (Å²) in [5.74, 6) is 1.25. The van der Waals surface area contributed by atoms with Gasteiger partial charge in [0.2, 0.25) is 11.8 Å². The number of hydrogen-bond acceptors (Lipinski definition) is 2. The first-order valence-electron chi connectivity index (χ1n) is 11.0. The molecule has 0 spiro atoms. The number of carbonyl (C=O) groups excluding carboxylic acids is 2. The van der Waals surface area contributed by atoms with Crippen LogP contribution in [0.1, 0.15) is 76.8 Å². The van der Waals surface area contributed by atoms with Crippen LogP contribution in [0.3, 0.4) is 0 Å². The van der Waals surface area contributed by atoms with Crippen LogP contribution in [0.25, 0.3) is 0 Å². The molecule has 0 aliphatic carbocycles. The van der Waals surface area contributed by atoms with Gasteiger partial charge in [-0.1, -0.05) is 63.9 Å². The van der Waals surface area contributed by atoms with Gasteiger partial charge in [-0.3, -0.25) is 9.59 Å². The molecule has 1 unspecified atom stereocenters. The summed E-state index contributed by atoms with van der Waals surface area (Å²) in [6.45, 7) is 12.0. The fourth-order valence-electron chi connectivity index (χ4n) is 3.82. The average molecular weight is 387 g/mol. The van der Waals surface area contributed by atoms with Crippen molar-refractivity contribution in [2.45, 2.75) is 78.7 Å². The summed E-state index contributed by atoms with van der Waals surface area (Å²) < 4.78 is 0. The number of hydrogen-bond donors (Lipinski definition) is 1. The first-order chi connectivity index (χ1) is 13.3. The van der Waals surface area contributed by atoms with Crippen molar-refractivity contribution in [3.8, 4) is 0 Å². The van der Waals surface area contributed by atoms with Crippen molar-refractivity contribution in [1.82, 2.24) is 10.2 Å². The number of likely N-dealkylation sites (tertiary alicyclic amines) is 1. The molecule has 28 heavy (non-hydrogen) atoms. The third-order valence-electron chi connectivity index (χ3n) is 6.10. The number of rotatable bonds is 8. The first-order valence-corrected chi connectivity index (χ1v) is 11.0. The van der Waals surface area contributed by atoms with Crippen molar-refractivity contribution < 1.29 is 9.59 Å². The summed E-state index contributed by atoms with van der Waals surface area (Å²) >= 11 is 0. The minimum absolute atomic E-state index is 0.00175.